The van der Waals surface area contributed by atoms with Crippen molar-refractivity contribution in [1.82, 2.24) is 20.5 Å². The standard InChI is InChI=1S/C28H22N6O2/c35-27(23-16-19-10-4-6-12-22(19)30-23)32-26-28(36)34(17-20-14-15-29-33-20)24-13-7-5-11-21(24)25(31-26)18-8-2-1-3-9-18/h1-16,26,30H,17H2,(H,29,33)(H,32,35)/t26-/m1/s1. The molecule has 0 unspecified atom stereocenters. The molecule has 3 heterocycles. The van der Waals surface area contributed by atoms with Crippen LogP contribution in [-0.2, 0) is 11.3 Å². The van der Waals surface area contributed by atoms with E-state index >= 15 is 0 Å². The molecule has 3 N–H and O–H groups in total. The first kappa shape index (κ1) is 21.5. The van der Waals surface area contributed by atoms with Crippen LogP contribution in [0.3, 0.4) is 0 Å². The maximum Gasteiger partial charge on any atom is 0.272 e. The molecule has 0 saturated carbocycles. The summed E-state index contributed by atoms with van der Waals surface area (Å²) in [4.78, 5) is 36.8. The fourth-order valence-electron chi connectivity index (χ4n) is 4.45. The highest BCUT2D eigenvalue weighted by Gasteiger charge is 2.33. The highest BCUT2D eigenvalue weighted by Crippen LogP contribution is 2.29. The van der Waals surface area contributed by atoms with Gasteiger partial charge in [0.1, 0.15) is 5.69 Å². The van der Waals surface area contributed by atoms with Crippen molar-refractivity contribution < 1.29 is 9.59 Å². The van der Waals surface area contributed by atoms with Gasteiger partial charge in [0.2, 0.25) is 6.17 Å². The molecule has 2 amide bonds. The van der Waals surface area contributed by atoms with Crippen LogP contribution in [0.4, 0.5) is 5.69 Å². The zero-order valence-electron chi connectivity index (χ0n) is 19.2. The van der Waals surface area contributed by atoms with E-state index in [1.807, 2.05) is 84.9 Å². The highest BCUT2D eigenvalue weighted by atomic mass is 16.2. The SMILES string of the molecule is O=C(N[C@H]1N=C(c2ccccc2)c2ccccc2N(Cc2cc[nH]n2)C1=O)c1cc2ccccc2[nH]1. The van der Waals surface area contributed by atoms with Crippen LogP contribution in [0.5, 0.6) is 0 Å². The number of para-hydroxylation sites is 2. The molecule has 2 aromatic heterocycles. The molecule has 176 valence electrons. The van der Waals surface area contributed by atoms with Gasteiger partial charge in [-0.15, -0.1) is 0 Å². The first-order valence-corrected chi connectivity index (χ1v) is 11.6. The topological polar surface area (TPSA) is 106 Å². The Hall–Kier alpha value is -4.98. The predicted octanol–water partition coefficient (Wildman–Crippen LogP) is 4.03. The molecular formula is C28H22N6O2. The van der Waals surface area contributed by atoms with Crippen LogP contribution in [-0.4, -0.2) is 38.9 Å². The van der Waals surface area contributed by atoms with E-state index in [-0.39, 0.29) is 12.5 Å². The summed E-state index contributed by atoms with van der Waals surface area (Å²) in [6.45, 7) is 0.232. The normalized spacial score (nSPS) is 15.3. The van der Waals surface area contributed by atoms with E-state index in [1.54, 1.807) is 17.2 Å². The largest absolute Gasteiger partial charge is 0.351 e. The number of aliphatic imine (C=N–C) groups is 1. The molecule has 0 saturated heterocycles. The summed E-state index contributed by atoms with van der Waals surface area (Å²) in [7, 11) is 0. The molecule has 6 rings (SSSR count). The van der Waals surface area contributed by atoms with Crippen LogP contribution in [0.1, 0.15) is 27.3 Å². The number of aromatic amines is 2. The Morgan fingerprint density at radius 2 is 1.72 bits per heavy atom. The number of hydrogen-bond donors (Lipinski definition) is 3. The zero-order valence-corrected chi connectivity index (χ0v) is 19.2. The van der Waals surface area contributed by atoms with Crippen LogP contribution in [0, 0.1) is 0 Å². The summed E-state index contributed by atoms with van der Waals surface area (Å²) in [5.74, 6) is -0.757. The summed E-state index contributed by atoms with van der Waals surface area (Å²) >= 11 is 0. The fraction of sp³-hybridized carbons (Fsp3) is 0.0714. The fourth-order valence-corrected chi connectivity index (χ4v) is 4.45. The van der Waals surface area contributed by atoms with Crippen molar-refractivity contribution in [1.29, 1.82) is 0 Å². The van der Waals surface area contributed by atoms with E-state index in [9.17, 15) is 9.59 Å². The minimum absolute atomic E-state index is 0.232. The molecule has 1 aliphatic heterocycles. The molecule has 5 aromatic rings. The first-order valence-electron chi connectivity index (χ1n) is 11.6. The third-order valence-electron chi connectivity index (χ3n) is 6.18. The molecule has 0 fully saturated rings. The second-order valence-corrected chi connectivity index (χ2v) is 8.50. The number of nitrogens with one attached hydrogen (secondary N) is 3. The molecule has 0 spiro atoms. The Labute approximate surface area is 206 Å². The Balaban J connectivity index is 1.44. The third kappa shape index (κ3) is 3.94. The van der Waals surface area contributed by atoms with Gasteiger partial charge in [-0.25, -0.2) is 4.99 Å². The summed E-state index contributed by atoms with van der Waals surface area (Å²) < 4.78 is 0. The minimum atomic E-state index is -1.13. The number of carbonyl (C=O) groups is 2. The lowest BCUT2D eigenvalue weighted by Gasteiger charge is -2.24. The molecule has 1 atom stereocenters. The molecular weight excluding hydrogens is 452 g/mol. The van der Waals surface area contributed by atoms with Gasteiger partial charge < -0.3 is 15.2 Å². The maximum absolute atomic E-state index is 13.9. The molecule has 8 nitrogen and oxygen atoms in total. The smallest absolute Gasteiger partial charge is 0.272 e. The Kier molecular flexibility index (Phi) is 5.38. The Bertz CT molecular complexity index is 1550. The van der Waals surface area contributed by atoms with Crippen LogP contribution in [0.2, 0.25) is 0 Å². The Morgan fingerprint density at radius 1 is 0.944 bits per heavy atom. The van der Waals surface area contributed by atoms with Crippen molar-refractivity contribution in [2.45, 2.75) is 12.7 Å². The number of carbonyl (C=O) groups excluding carboxylic acids is 2. The van der Waals surface area contributed by atoms with Gasteiger partial charge in [0.05, 0.1) is 23.6 Å². The van der Waals surface area contributed by atoms with E-state index in [0.717, 1.165) is 22.0 Å². The summed E-state index contributed by atoms with van der Waals surface area (Å²) in [6, 6.07) is 28.5. The third-order valence-corrected chi connectivity index (χ3v) is 6.18. The second-order valence-electron chi connectivity index (χ2n) is 8.50. The maximum atomic E-state index is 13.9. The number of hydrogen-bond acceptors (Lipinski definition) is 4. The van der Waals surface area contributed by atoms with Crippen molar-refractivity contribution >= 4 is 34.1 Å². The van der Waals surface area contributed by atoms with Gasteiger partial charge in [-0.05, 0) is 24.3 Å². The predicted molar refractivity (Wildman–Crippen MR) is 138 cm³/mol. The molecule has 0 radical (unpaired) electrons. The second kappa shape index (κ2) is 8.99. The van der Waals surface area contributed by atoms with E-state index in [2.05, 4.69) is 20.5 Å². The van der Waals surface area contributed by atoms with Gasteiger partial charge in [-0.3, -0.25) is 14.7 Å². The van der Waals surface area contributed by atoms with Crippen molar-refractivity contribution in [2.75, 3.05) is 4.90 Å². The van der Waals surface area contributed by atoms with Crippen LogP contribution < -0.4 is 10.2 Å². The highest BCUT2D eigenvalue weighted by molar-refractivity contribution is 6.20. The summed E-state index contributed by atoms with van der Waals surface area (Å²) in [5.41, 5.74) is 4.89. The average Bonchev–Trinajstić information content (AvgIpc) is 3.58. The number of H-pyrrole nitrogens is 2. The lowest BCUT2D eigenvalue weighted by atomic mass is 10.0. The molecule has 36 heavy (non-hydrogen) atoms. The number of aromatic nitrogens is 3. The quantitative estimate of drug-likeness (QED) is 0.358. The van der Waals surface area contributed by atoms with Crippen molar-refractivity contribution in [3.63, 3.8) is 0 Å². The van der Waals surface area contributed by atoms with Gasteiger partial charge in [-0.2, -0.15) is 5.10 Å². The van der Waals surface area contributed by atoms with Gasteiger partial charge in [0.15, 0.2) is 0 Å². The van der Waals surface area contributed by atoms with Gasteiger partial charge in [0, 0.05) is 28.2 Å². The van der Waals surface area contributed by atoms with E-state index < -0.39 is 12.1 Å². The summed E-state index contributed by atoms with van der Waals surface area (Å²) in [6.07, 6.45) is 0.579. The van der Waals surface area contributed by atoms with E-state index in [0.29, 0.717) is 22.8 Å². The van der Waals surface area contributed by atoms with Crippen molar-refractivity contribution in [2.24, 2.45) is 4.99 Å². The number of benzene rings is 3. The Morgan fingerprint density at radius 3 is 2.53 bits per heavy atom. The first-order chi connectivity index (χ1) is 17.7. The molecule has 1 aliphatic rings. The molecule has 0 aliphatic carbocycles. The number of rotatable bonds is 5. The van der Waals surface area contributed by atoms with Crippen LogP contribution >= 0.6 is 0 Å². The van der Waals surface area contributed by atoms with E-state index in [4.69, 9.17) is 4.99 Å². The monoisotopic (exact) mass is 474 g/mol. The number of fused-ring (bicyclic) bond motifs is 2. The van der Waals surface area contributed by atoms with Crippen molar-refractivity contribution in [3.8, 4) is 0 Å². The lowest BCUT2D eigenvalue weighted by molar-refractivity contribution is -0.120. The number of amides is 2. The van der Waals surface area contributed by atoms with Gasteiger partial charge in [0.25, 0.3) is 11.8 Å². The zero-order chi connectivity index (χ0) is 24.5. The van der Waals surface area contributed by atoms with Gasteiger partial charge in [-0.1, -0.05) is 66.7 Å². The summed E-state index contributed by atoms with van der Waals surface area (Å²) in [5, 5.41) is 10.8. The lowest BCUT2D eigenvalue weighted by Crippen LogP contribution is -2.47. The molecule has 0 bridgehead atoms. The van der Waals surface area contributed by atoms with Gasteiger partial charge >= 0.3 is 0 Å². The average molecular weight is 475 g/mol. The van der Waals surface area contributed by atoms with E-state index in [1.165, 1.54) is 0 Å². The van der Waals surface area contributed by atoms with Crippen LogP contribution in [0.15, 0.2) is 102 Å². The molecule has 8 heteroatoms. The minimum Gasteiger partial charge on any atom is -0.351 e. The van der Waals surface area contributed by atoms with Crippen molar-refractivity contribution in [3.05, 3.63) is 120 Å². The number of nitrogens with zero attached hydrogens (tertiary/aromatic N) is 3. The number of anilines is 1. The van der Waals surface area contributed by atoms with Crippen LogP contribution in [0.25, 0.3) is 10.9 Å². The number of benzodiazepines with no additional fused rings is 1. The molecule has 3 aromatic carbocycles.